The number of esters is 2. The molecular weight excluding hydrogens is 957 g/mol. The molecule has 0 spiro atoms. The van der Waals surface area contributed by atoms with Crippen LogP contribution in [0.1, 0.15) is 132 Å². The molecule has 17 nitrogen and oxygen atoms in total. The summed E-state index contributed by atoms with van der Waals surface area (Å²) >= 11 is 0. The van der Waals surface area contributed by atoms with Crippen molar-refractivity contribution in [1.29, 1.82) is 0 Å². The highest BCUT2D eigenvalue weighted by molar-refractivity contribution is 6.02. The molecule has 9 rings (SSSR count). The van der Waals surface area contributed by atoms with Gasteiger partial charge in [0.05, 0.1) is 34.6 Å². The number of amides is 4. The average molecular weight is 1020 g/mol. The zero-order chi connectivity index (χ0) is 53.5. The SMILES string of the molecule is CCOC(C)(C)CCC(=O)N[C@@H](CCC(=O)N[C@H](C(=O)N[C@@H](C)C(=O)Nc1ccc2nc3c(c4c2c1CCC4)Cn1c-3cc2c(c1=O)COC(=O)[C@]2(O)CC)C(C)C)C(=O)OCC1c2ccccc2-c2ccccc21. The van der Waals surface area contributed by atoms with Crippen molar-refractivity contribution in [3.63, 3.8) is 0 Å². The number of anilines is 1. The van der Waals surface area contributed by atoms with E-state index in [0.29, 0.717) is 48.5 Å². The Morgan fingerprint density at radius 1 is 0.853 bits per heavy atom. The summed E-state index contributed by atoms with van der Waals surface area (Å²) in [5.41, 5.74) is 6.97. The molecule has 0 radical (unpaired) electrons. The van der Waals surface area contributed by atoms with Crippen molar-refractivity contribution in [2.75, 3.05) is 18.5 Å². The van der Waals surface area contributed by atoms with Crippen LogP contribution in [0.2, 0.25) is 0 Å². The Morgan fingerprint density at radius 3 is 2.21 bits per heavy atom. The Hall–Kier alpha value is -7.24. The van der Waals surface area contributed by atoms with E-state index in [-0.39, 0.29) is 68.0 Å². The standard InChI is InChI=1S/C58H66N6O11/c1-8-58(72)42-27-46-51-39(28-64(46)54(69)41(42)30-74-56(58)71)37-19-14-20-38-43(21-22-44(61-51)49(37)38)62-52(67)32(5)59-53(68)50(31(3)4)63-47(65)24-23-45(60-48(66)25-26-57(6,7)75-9-2)55(70)73-29-40-35-17-12-10-15-33(35)34-16-11-13-18-36(34)40/h10-13,15-18,21-22,27,31-32,40,45,50,72H,8-9,14,19-20,23-26,28-30H2,1-7H3,(H,59,68)(H,60,66)(H,62,67)(H,63,65)/t32-,45-,50-,58-/m0/s1. The van der Waals surface area contributed by atoms with Crippen LogP contribution in [-0.4, -0.2) is 87.2 Å². The van der Waals surface area contributed by atoms with E-state index in [2.05, 4.69) is 21.3 Å². The Morgan fingerprint density at radius 2 is 1.53 bits per heavy atom. The van der Waals surface area contributed by atoms with Crippen LogP contribution < -0.4 is 26.8 Å². The van der Waals surface area contributed by atoms with E-state index < -0.39 is 70.8 Å². The number of benzene rings is 3. The van der Waals surface area contributed by atoms with E-state index in [1.54, 1.807) is 44.4 Å². The number of cyclic esters (lactones) is 1. The van der Waals surface area contributed by atoms with Gasteiger partial charge >= 0.3 is 11.9 Å². The number of nitrogens with one attached hydrogen (secondary N) is 4. The minimum absolute atomic E-state index is 0.0288. The zero-order valence-electron chi connectivity index (χ0n) is 43.6. The Kier molecular flexibility index (Phi) is 14.9. The fourth-order valence-electron chi connectivity index (χ4n) is 11.2. The van der Waals surface area contributed by atoms with Crippen molar-refractivity contribution in [1.82, 2.24) is 25.5 Å². The van der Waals surface area contributed by atoms with Gasteiger partial charge in [0.25, 0.3) is 5.56 Å². The fraction of sp³-hybridized carbons (Fsp3) is 0.448. The first kappa shape index (κ1) is 52.6. The molecule has 5 N–H and O–H groups in total. The molecule has 0 unspecified atom stereocenters. The molecule has 4 aliphatic rings. The maximum absolute atomic E-state index is 13.9. The number of carbonyl (C=O) groups excluding carboxylic acids is 6. The van der Waals surface area contributed by atoms with Gasteiger partial charge in [-0.3, -0.25) is 24.0 Å². The fourth-order valence-corrected chi connectivity index (χ4v) is 11.2. The Labute approximate surface area is 435 Å². The molecule has 0 fully saturated rings. The average Bonchev–Trinajstić information content (AvgIpc) is 3.94. The van der Waals surface area contributed by atoms with Crippen LogP contribution in [0.5, 0.6) is 0 Å². The van der Waals surface area contributed by atoms with Gasteiger partial charge < -0.3 is 45.2 Å². The molecule has 0 bridgehead atoms. The smallest absolute Gasteiger partial charge is 0.343 e. The molecule has 0 saturated heterocycles. The van der Waals surface area contributed by atoms with E-state index in [4.69, 9.17) is 19.2 Å². The third kappa shape index (κ3) is 10.2. The quantitative estimate of drug-likeness (QED) is 0.0558. The maximum atomic E-state index is 13.9. The van der Waals surface area contributed by atoms with Gasteiger partial charge in [0.2, 0.25) is 23.6 Å². The molecule has 394 valence electrons. The Balaban J connectivity index is 0.852. The summed E-state index contributed by atoms with van der Waals surface area (Å²) in [6, 6.07) is 18.0. The number of ether oxygens (including phenoxy) is 3. The number of fused-ring (bicyclic) bond motifs is 8. The first-order valence-electron chi connectivity index (χ1n) is 26.2. The monoisotopic (exact) mass is 1020 g/mol. The molecule has 3 aromatic carbocycles. The van der Waals surface area contributed by atoms with Crippen molar-refractivity contribution >= 4 is 52.2 Å². The number of aromatic nitrogens is 2. The van der Waals surface area contributed by atoms with Crippen molar-refractivity contribution in [3.05, 3.63) is 116 Å². The summed E-state index contributed by atoms with van der Waals surface area (Å²) in [6.07, 6.45) is 2.30. The highest BCUT2D eigenvalue weighted by Crippen LogP contribution is 2.46. The van der Waals surface area contributed by atoms with Gasteiger partial charge in [-0.1, -0.05) is 69.3 Å². The van der Waals surface area contributed by atoms with E-state index >= 15 is 0 Å². The number of aryl methyl sites for hydroxylation is 2. The summed E-state index contributed by atoms with van der Waals surface area (Å²) in [4.78, 5) is 100. The maximum Gasteiger partial charge on any atom is 0.343 e. The van der Waals surface area contributed by atoms with Crippen molar-refractivity contribution in [2.24, 2.45) is 5.92 Å². The predicted octanol–water partition coefficient (Wildman–Crippen LogP) is 6.37. The largest absolute Gasteiger partial charge is 0.463 e. The number of pyridine rings is 2. The lowest BCUT2D eigenvalue weighted by atomic mass is 9.85. The topological polar surface area (TPSA) is 233 Å². The number of hydrogen-bond donors (Lipinski definition) is 5. The molecule has 2 aliphatic heterocycles. The Bertz CT molecular complexity index is 3150. The molecule has 17 heteroatoms. The second-order valence-corrected chi connectivity index (χ2v) is 21.1. The molecule has 4 heterocycles. The number of carbonyl (C=O) groups is 6. The van der Waals surface area contributed by atoms with Gasteiger partial charge in [-0.15, -0.1) is 0 Å². The molecule has 75 heavy (non-hydrogen) atoms. The van der Waals surface area contributed by atoms with E-state index in [1.807, 2.05) is 75.4 Å². The summed E-state index contributed by atoms with van der Waals surface area (Å²) < 4.78 is 18.6. The number of aliphatic hydroxyl groups is 1. The van der Waals surface area contributed by atoms with Crippen LogP contribution in [0.25, 0.3) is 33.4 Å². The first-order valence-corrected chi connectivity index (χ1v) is 26.2. The van der Waals surface area contributed by atoms with Crippen LogP contribution in [0.3, 0.4) is 0 Å². The third-order valence-electron chi connectivity index (χ3n) is 15.3. The molecular formula is C58H66N6O11. The molecule has 5 aromatic rings. The predicted molar refractivity (Wildman–Crippen MR) is 280 cm³/mol. The van der Waals surface area contributed by atoms with E-state index in [0.717, 1.165) is 50.8 Å². The lowest BCUT2D eigenvalue weighted by Crippen LogP contribution is -2.54. The van der Waals surface area contributed by atoms with Crippen LogP contribution in [0.15, 0.2) is 71.5 Å². The minimum atomic E-state index is -1.94. The number of hydrogen-bond acceptors (Lipinski definition) is 12. The molecule has 0 saturated carbocycles. The van der Waals surface area contributed by atoms with Crippen molar-refractivity contribution in [2.45, 2.75) is 148 Å². The second kappa shape index (κ2) is 21.2. The third-order valence-corrected chi connectivity index (χ3v) is 15.3. The number of rotatable bonds is 19. The van der Waals surface area contributed by atoms with Gasteiger partial charge in [-0.2, -0.15) is 0 Å². The van der Waals surface area contributed by atoms with E-state index in [1.165, 1.54) is 0 Å². The summed E-state index contributed by atoms with van der Waals surface area (Å²) in [6.45, 7) is 12.9. The second-order valence-electron chi connectivity index (χ2n) is 21.1. The summed E-state index contributed by atoms with van der Waals surface area (Å²) in [7, 11) is 0. The van der Waals surface area contributed by atoms with Gasteiger partial charge in [0.1, 0.15) is 31.3 Å². The summed E-state index contributed by atoms with van der Waals surface area (Å²) in [5, 5.41) is 23.6. The molecule has 2 aromatic heterocycles. The van der Waals surface area contributed by atoms with Crippen LogP contribution >= 0.6 is 0 Å². The van der Waals surface area contributed by atoms with E-state index in [9.17, 15) is 38.7 Å². The van der Waals surface area contributed by atoms with Gasteiger partial charge in [-0.25, -0.2) is 14.6 Å². The molecule has 4 atom stereocenters. The first-order chi connectivity index (χ1) is 35.8. The normalized spacial score (nSPS) is 17.4. The molecule has 4 amide bonds. The van der Waals surface area contributed by atoms with Crippen molar-refractivity contribution in [3.8, 4) is 22.5 Å². The van der Waals surface area contributed by atoms with Gasteiger partial charge in [0.15, 0.2) is 5.60 Å². The highest BCUT2D eigenvalue weighted by Gasteiger charge is 2.46. The van der Waals surface area contributed by atoms with Crippen LogP contribution in [-0.2, 0) is 74.6 Å². The zero-order valence-corrected chi connectivity index (χ0v) is 43.6. The van der Waals surface area contributed by atoms with Crippen LogP contribution in [0.4, 0.5) is 5.69 Å². The summed E-state index contributed by atoms with van der Waals surface area (Å²) in [5.74, 6) is -4.07. The highest BCUT2D eigenvalue weighted by atomic mass is 16.6. The minimum Gasteiger partial charge on any atom is -0.463 e. The lowest BCUT2D eigenvalue weighted by Gasteiger charge is -2.31. The molecule has 2 aliphatic carbocycles. The number of nitrogens with zero attached hydrogens (tertiary/aromatic N) is 2. The van der Waals surface area contributed by atoms with Crippen LogP contribution in [0, 0.1) is 5.92 Å². The lowest BCUT2D eigenvalue weighted by molar-refractivity contribution is -0.172. The van der Waals surface area contributed by atoms with Gasteiger partial charge in [0, 0.05) is 47.6 Å². The van der Waals surface area contributed by atoms with Crippen molar-refractivity contribution < 1.29 is 48.1 Å². The van der Waals surface area contributed by atoms with Gasteiger partial charge in [-0.05, 0) is 124 Å².